The van der Waals surface area contributed by atoms with Crippen molar-refractivity contribution in [1.82, 2.24) is 0 Å². The van der Waals surface area contributed by atoms with E-state index in [1.807, 2.05) is 0 Å². The fraction of sp³-hybridized carbons (Fsp3) is 0.750. The molecule has 0 aliphatic heterocycles. The van der Waals surface area contributed by atoms with Gasteiger partial charge in [-0.15, -0.1) is 0 Å². The van der Waals surface area contributed by atoms with Gasteiger partial charge in [-0.05, 0) is 0 Å². The number of hydrogen-bond donors (Lipinski definition) is 0. The summed E-state index contributed by atoms with van der Waals surface area (Å²) in [5.74, 6) is 0. The van der Waals surface area contributed by atoms with Crippen molar-refractivity contribution in [3.05, 3.63) is 22.4 Å². The molecule has 0 saturated heterocycles. The molecule has 0 N–H and O–H groups in total. The predicted octanol–water partition coefficient (Wildman–Crippen LogP) is 6.84. The molecule has 0 spiro atoms. The van der Waals surface area contributed by atoms with Crippen LogP contribution in [0.4, 0.5) is 0 Å². The van der Waals surface area contributed by atoms with Crippen LogP contribution in [0.5, 0.6) is 0 Å². The van der Waals surface area contributed by atoms with Gasteiger partial charge in [0, 0.05) is 0 Å². The zero-order valence-corrected chi connectivity index (χ0v) is 16.5. The summed E-state index contributed by atoms with van der Waals surface area (Å²) in [7, 11) is -3.34. The summed E-state index contributed by atoms with van der Waals surface area (Å²) in [5, 5.41) is 0. The first kappa shape index (κ1) is 16.4. The second-order valence-corrected chi connectivity index (χ2v) is 54.9. The molecule has 0 aromatic carbocycles. The molecule has 0 bridgehead atoms. The number of hydrogen-bond acceptors (Lipinski definition) is 0. The second-order valence-electron chi connectivity index (χ2n) is 8.46. The molecule has 18 heavy (non-hydrogen) atoms. The van der Waals surface area contributed by atoms with Crippen molar-refractivity contribution in [2.75, 3.05) is 0 Å². The van der Waals surface area contributed by atoms with Crippen LogP contribution in [0.25, 0.3) is 0 Å². The molecule has 0 radical (unpaired) electrons. The standard InChI is InChI=1S/C6H15Si.C5H5.5CH3.Rh/c1-4-7(5-2)6-3;1-2-4-5-3-1;;;;;;/h4-6H2,1-3H3;1-3H,4H2;5*1H3;. The Bertz CT molecular complexity index is 411. The van der Waals surface area contributed by atoms with Gasteiger partial charge in [0.25, 0.3) is 0 Å². The summed E-state index contributed by atoms with van der Waals surface area (Å²) in [6, 6.07) is 4.28. The summed E-state index contributed by atoms with van der Waals surface area (Å²) in [4.78, 5) is 0. The molecule has 0 saturated carbocycles. The Kier molecular flexibility index (Phi) is 3.01. The Morgan fingerprint density at radius 1 is 0.944 bits per heavy atom. The number of allylic oxidation sites excluding steroid dienone is 4. The van der Waals surface area contributed by atoms with Gasteiger partial charge < -0.3 is 0 Å². The van der Waals surface area contributed by atoms with Crippen molar-refractivity contribution in [2.45, 2.75) is 72.9 Å². The van der Waals surface area contributed by atoms with E-state index in [0.29, 0.717) is 0 Å². The van der Waals surface area contributed by atoms with Crippen LogP contribution in [0.3, 0.4) is 0 Å². The molecule has 0 amide bonds. The fourth-order valence-electron chi connectivity index (χ4n) is 4.01. The summed E-state index contributed by atoms with van der Waals surface area (Å²) < 4.78 is 1.79. The first-order chi connectivity index (χ1) is 7.80. The fourth-order valence-corrected chi connectivity index (χ4v) is 46.3. The summed E-state index contributed by atoms with van der Waals surface area (Å²) in [5.41, 5.74) is 13.6. The maximum absolute atomic E-state index is 3.34. The van der Waals surface area contributed by atoms with Gasteiger partial charge in [0.05, 0.1) is 0 Å². The van der Waals surface area contributed by atoms with Gasteiger partial charge in [-0.3, -0.25) is 0 Å². The first-order valence-electron chi connectivity index (χ1n) is 6.90. The predicted molar refractivity (Wildman–Crippen MR) is 88.4 cm³/mol. The van der Waals surface area contributed by atoms with E-state index in [9.17, 15) is 0 Å². The van der Waals surface area contributed by atoms with Crippen LogP contribution in [0, 0.1) is 0 Å². The van der Waals surface area contributed by atoms with Crippen molar-refractivity contribution >= 4 is 6.30 Å². The minimum atomic E-state index is -3.34. The van der Waals surface area contributed by atoms with Crippen LogP contribution in [-0.4, -0.2) is 6.30 Å². The quantitative estimate of drug-likeness (QED) is 0.472. The second kappa shape index (κ2) is 3.31. The van der Waals surface area contributed by atoms with Crippen molar-refractivity contribution in [2.24, 2.45) is 0 Å². The zero-order chi connectivity index (χ0) is 14.4. The molecule has 1 aliphatic carbocycles. The van der Waals surface area contributed by atoms with Crippen LogP contribution in [-0.2, 0) is 10.6 Å². The molecular weight excluding hydrogens is 323 g/mol. The molecule has 0 aromatic rings. The topological polar surface area (TPSA) is 0 Å². The Morgan fingerprint density at radius 2 is 1.39 bits per heavy atom. The van der Waals surface area contributed by atoms with Crippen molar-refractivity contribution in [3.8, 4) is 0 Å². The van der Waals surface area contributed by atoms with E-state index in [-0.39, 0.29) is 0 Å². The van der Waals surface area contributed by atoms with E-state index in [0.717, 1.165) is 0 Å². The van der Waals surface area contributed by atoms with Gasteiger partial charge in [0.1, 0.15) is 0 Å². The molecule has 1 aliphatic rings. The van der Waals surface area contributed by atoms with Crippen LogP contribution in [0.1, 0.15) is 27.2 Å². The van der Waals surface area contributed by atoms with Crippen LogP contribution in [0.2, 0.25) is 45.7 Å². The molecule has 0 atom stereocenters. The van der Waals surface area contributed by atoms with Crippen molar-refractivity contribution < 1.29 is 10.6 Å². The average Bonchev–Trinajstić information content (AvgIpc) is 2.72. The Hall–Kier alpha value is 0.320. The third-order valence-corrected chi connectivity index (χ3v) is 54.8. The number of rotatable bonds is 5. The first-order valence-corrected chi connectivity index (χ1v) is 20.8. The molecular formula is C16H35RhSi. The van der Waals surface area contributed by atoms with Crippen LogP contribution < -0.4 is 0 Å². The molecule has 0 aromatic heterocycles. The van der Waals surface area contributed by atoms with Gasteiger partial charge in [0.15, 0.2) is 0 Å². The molecule has 0 heterocycles. The van der Waals surface area contributed by atoms with E-state index in [1.165, 1.54) is 24.6 Å². The zero-order valence-electron chi connectivity index (χ0n) is 13.9. The van der Waals surface area contributed by atoms with Gasteiger partial charge in [-0.25, -0.2) is 0 Å². The summed E-state index contributed by atoms with van der Waals surface area (Å²) >= 11 is 0. The molecule has 112 valence electrons. The molecule has 1 rings (SSSR count). The Balaban J connectivity index is 3.73. The van der Waals surface area contributed by atoms with Gasteiger partial charge in [-0.1, -0.05) is 0 Å². The van der Waals surface area contributed by atoms with Crippen molar-refractivity contribution in [1.29, 1.82) is 0 Å². The molecule has 0 nitrogen and oxygen atoms in total. The van der Waals surface area contributed by atoms with Crippen LogP contribution in [0.15, 0.2) is 22.4 Å². The molecule has 2 heteroatoms. The average molecular weight is 358 g/mol. The monoisotopic (exact) mass is 358 g/mol. The Labute approximate surface area is 112 Å². The summed E-state index contributed by atoms with van der Waals surface area (Å²) in [6.07, 6.45) is 6.99. The van der Waals surface area contributed by atoms with Gasteiger partial charge in [0.2, 0.25) is 0 Å². The SMILES string of the molecule is CC[Si](CC)(CC)[Rh]([CH3])([CH3])([CH3])([CH3])([CH3])[C]1=CC=CC1. The van der Waals surface area contributed by atoms with Crippen LogP contribution >= 0.6 is 0 Å². The third kappa shape index (κ3) is 1.79. The minimum absolute atomic E-state index is 1.20. The van der Waals surface area contributed by atoms with E-state index in [2.05, 4.69) is 66.6 Å². The maximum atomic E-state index is 2.72. The van der Waals surface area contributed by atoms with E-state index in [1.54, 1.807) is 4.17 Å². The van der Waals surface area contributed by atoms with Gasteiger partial charge in [-0.2, -0.15) is 0 Å². The summed E-state index contributed by atoms with van der Waals surface area (Å²) in [6.45, 7) is 7.39. The van der Waals surface area contributed by atoms with Gasteiger partial charge >= 0.3 is 112 Å². The van der Waals surface area contributed by atoms with E-state index in [4.69, 9.17) is 0 Å². The molecule has 0 fully saturated rings. The third-order valence-electron chi connectivity index (χ3n) is 5.68. The molecule has 0 unspecified atom stereocenters. The van der Waals surface area contributed by atoms with E-state index >= 15 is 0 Å². The Morgan fingerprint density at radius 3 is 1.67 bits per heavy atom. The normalized spacial score (nSPS) is 22.9. The van der Waals surface area contributed by atoms with E-state index < -0.39 is 16.9 Å². The van der Waals surface area contributed by atoms with Crippen molar-refractivity contribution in [3.63, 3.8) is 0 Å².